The van der Waals surface area contributed by atoms with Crippen LogP contribution in [0, 0.1) is 18.3 Å². The van der Waals surface area contributed by atoms with Gasteiger partial charge in [0.2, 0.25) is 5.91 Å². The van der Waals surface area contributed by atoms with Crippen LogP contribution in [-0.2, 0) is 30.7 Å². The van der Waals surface area contributed by atoms with Gasteiger partial charge < -0.3 is 14.8 Å². The predicted molar refractivity (Wildman–Crippen MR) is 175 cm³/mol. The zero-order valence-corrected chi connectivity index (χ0v) is 27.4. The summed E-state index contributed by atoms with van der Waals surface area (Å²) in [4.78, 5) is 26.9. The highest BCUT2D eigenvalue weighted by atomic mass is 32.1. The lowest BCUT2D eigenvalue weighted by Crippen LogP contribution is -2.43. The number of fused-ring (bicyclic) bond motifs is 2. The van der Waals surface area contributed by atoms with E-state index >= 15 is 0 Å². The Kier molecular flexibility index (Phi) is 9.26. The SMILES string of the molecule is CCc1nc(NC2CCN(Cc3ccc4c(cc(C#N)n4C[C@H](C)N4CCCCC4=O)c3C)CC2)c2cc(CC(F)(F)F)sc2n1. The quantitative estimate of drug-likeness (QED) is 0.210. The normalized spacial score (nSPS) is 17.6. The average Bonchev–Trinajstić information content (AvgIpc) is 3.59. The molecule has 1 N–H and O–H groups in total. The van der Waals surface area contributed by atoms with E-state index in [0.29, 0.717) is 46.9 Å². The number of alkyl halides is 3. The molecule has 0 saturated carbocycles. The van der Waals surface area contributed by atoms with Crippen molar-refractivity contribution in [3.63, 3.8) is 0 Å². The number of carbonyl (C=O) groups is 1. The maximum absolute atomic E-state index is 13.1. The van der Waals surface area contributed by atoms with E-state index in [9.17, 15) is 23.2 Å². The fourth-order valence-electron chi connectivity index (χ4n) is 6.88. The number of aryl methyl sites for hydroxylation is 2. The number of nitrogens with zero attached hydrogens (tertiary/aromatic N) is 6. The highest BCUT2D eigenvalue weighted by Gasteiger charge is 2.30. The number of nitrogens with one attached hydrogen (secondary N) is 1. The van der Waals surface area contributed by atoms with Crippen molar-refractivity contribution in [1.29, 1.82) is 5.26 Å². The summed E-state index contributed by atoms with van der Waals surface area (Å²) in [6.07, 6.45) is -0.276. The van der Waals surface area contributed by atoms with Crippen molar-refractivity contribution in [2.75, 3.05) is 25.0 Å². The summed E-state index contributed by atoms with van der Waals surface area (Å²) >= 11 is 1.09. The van der Waals surface area contributed by atoms with Crippen molar-refractivity contribution in [3.05, 3.63) is 51.8 Å². The van der Waals surface area contributed by atoms with Gasteiger partial charge in [0.15, 0.2) is 0 Å². The van der Waals surface area contributed by atoms with Crippen LogP contribution in [0.2, 0.25) is 0 Å². The summed E-state index contributed by atoms with van der Waals surface area (Å²) in [6.45, 7) is 10.0. The molecule has 12 heteroatoms. The van der Waals surface area contributed by atoms with Crippen molar-refractivity contribution < 1.29 is 18.0 Å². The Hall–Kier alpha value is -3.69. The maximum Gasteiger partial charge on any atom is 0.393 e. The number of aromatic nitrogens is 3. The summed E-state index contributed by atoms with van der Waals surface area (Å²) in [6, 6.07) is 10.4. The minimum Gasteiger partial charge on any atom is -0.367 e. The van der Waals surface area contributed by atoms with Crippen LogP contribution in [0.25, 0.3) is 21.1 Å². The Morgan fingerprint density at radius 2 is 1.91 bits per heavy atom. The van der Waals surface area contributed by atoms with Gasteiger partial charge in [-0.25, -0.2) is 9.97 Å². The molecular formula is C34H40F3N7OS. The third kappa shape index (κ3) is 6.86. The summed E-state index contributed by atoms with van der Waals surface area (Å²) in [7, 11) is 0. The lowest BCUT2D eigenvalue weighted by Gasteiger charge is -2.33. The molecule has 6 rings (SSSR count). The molecule has 4 aromatic rings. The number of halogens is 3. The molecule has 2 fully saturated rings. The number of benzene rings is 1. The molecule has 0 aliphatic carbocycles. The van der Waals surface area contributed by atoms with Gasteiger partial charge in [-0.1, -0.05) is 13.0 Å². The van der Waals surface area contributed by atoms with Gasteiger partial charge in [0.25, 0.3) is 0 Å². The van der Waals surface area contributed by atoms with Crippen LogP contribution >= 0.6 is 11.3 Å². The van der Waals surface area contributed by atoms with Gasteiger partial charge in [-0.15, -0.1) is 11.3 Å². The minimum atomic E-state index is -4.26. The van der Waals surface area contributed by atoms with E-state index in [1.165, 1.54) is 5.56 Å². The molecule has 5 heterocycles. The Morgan fingerprint density at radius 3 is 2.61 bits per heavy atom. The second-order valence-corrected chi connectivity index (χ2v) is 13.8. The maximum atomic E-state index is 13.1. The topological polar surface area (TPSA) is 90.1 Å². The van der Waals surface area contributed by atoms with E-state index in [2.05, 4.69) is 56.8 Å². The molecule has 1 atom stereocenters. The van der Waals surface area contributed by atoms with Crippen LogP contribution in [-0.4, -0.2) is 68.1 Å². The van der Waals surface area contributed by atoms with Gasteiger partial charge in [0.05, 0.1) is 11.8 Å². The number of carbonyl (C=O) groups excluding carboxylic acids is 1. The van der Waals surface area contributed by atoms with Crippen molar-refractivity contribution in [2.24, 2.45) is 0 Å². The van der Waals surface area contributed by atoms with Crippen molar-refractivity contribution >= 4 is 44.2 Å². The average molecular weight is 652 g/mol. The molecule has 2 aliphatic heterocycles. The molecule has 0 unspecified atom stereocenters. The molecule has 0 radical (unpaired) electrons. The fourth-order valence-corrected chi connectivity index (χ4v) is 7.95. The molecule has 2 saturated heterocycles. The third-order valence-electron chi connectivity index (χ3n) is 9.42. The number of nitriles is 1. The van der Waals surface area contributed by atoms with Crippen LogP contribution < -0.4 is 5.32 Å². The van der Waals surface area contributed by atoms with Crippen LogP contribution in [0.3, 0.4) is 0 Å². The first-order valence-corrected chi connectivity index (χ1v) is 17.0. The molecule has 2 aliphatic rings. The number of rotatable bonds is 9. The van der Waals surface area contributed by atoms with E-state index in [1.807, 2.05) is 17.9 Å². The van der Waals surface area contributed by atoms with E-state index in [0.717, 1.165) is 79.7 Å². The Balaban J connectivity index is 1.12. The zero-order chi connectivity index (χ0) is 32.6. The van der Waals surface area contributed by atoms with Gasteiger partial charge in [-0.3, -0.25) is 9.69 Å². The molecule has 244 valence electrons. The lowest BCUT2D eigenvalue weighted by atomic mass is 10.0. The van der Waals surface area contributed by atoms with Gasteiger partial charge in [0, 0.05) is 73.4 Å². The molecule has 1 aromatic carbocycles. The van der Waals surface area contributed by atoms with Gasteiger partial charge >= 0.3 is 6.18 Å². The van der Waals surface area contributed by atoms with Gasteiger partial charge in [0.1, 0.15) is 28.2 Å². The Bertz CT molecular complexity index is 1780. The standard InChI is InChI=1S/C34H40F3N7OS/c1-4-30-40-32(28-16-26(17-34(35,36)37)46-33(28)41-30)39-24-10-13-42(14-11-24)20-23-8-9-29-27(22(23)3)15-25(18-38)44(29)19-21(2)43-12-6-5-7-31(43)45/h8-9,15-16,21,24H,4-7,10-14,17,19-20H2,1-3H3,(H,39,40,41)/t21-/m0/s1. The molecular weight excluding hydrogens is 611 g/mol. The van der Waals surface area contributed by atoms with Crippen molar-refractivity contribution in [2.45, 2.75) is 97.1 Å². The summed E-state index contributed by atoms with van der Waals surface area (Å²) in [5.41, 5.74) is 4.02. The fraction of sp³-hybridized carbons (Fsp3) is 0.529. The number of hydrogen-bond acceptors (Lipinski definition) is 7. The number of anilines is 1. The Labute approximate surface area is 271 Å². The van der Waals surface area contributed by atoms with Crippen molar-refractivity contribution in [3.8, 4) is 6.07 Å². The predicted octanol–water partition coefficient (Wildman–Crippen LogP) is 6.97. The van der Waals surface area contributed by atoms with Crippen LogP contribution in [0.15, 0.2) is 24.3 Å². The second kappa shape index (κ2) is 13.2. The first kappa shape index (κ1) is 32.3. The largest absolute Gasteiger partial charge is 0.393 e. The monoisotopic (exact) mass is 651 g/mol. The highest BCUT2D eigenvalue weighted by Crippen LogP contribution is 2.34. The zero-order valence-electron chi connectivity index (χ0n) is 26.6. The number of likely N-dealkylation sites (tertiary alicyclic amines) is 2. The minimum absolute atomic E-state index is 0.0130. The van der Waals surface area contributed by atoms with Gasteiger partial charge in [-0.05, 0) is 68.9 Å². The number of hydrogen-bond donors (Lipinski definition) is 1. The van der Waals surface area contributed by atoms with Crippen LogP contribution in [0.5, 0.6) is 0 Å². The van der Waals surface area contributed by atoms with E-state index in [-0.39, 0.29) is 22.9 Å². The highest BCUT2D eigenvalue weighted by molar-refractivity contribution is 7.18. The second-order valence-electron chi connectivity index (χ2n) is 12.7. The van der Waals surface area contributed by atoms with E-state index in [1.54, 1.807) is 6.07 Å². The first-order valence-electron chi connectivity index (χ1n) is 16.2. The third-order valence-corrected chi connectivity index (χ3v) is 10.5. The molecule has 3 aromatic heterocycles. The van der Waals surface area contributed by atoms with E-state index in [4.69, 9.17) is 0 Å². The first-order chi connectivity index (χ1) is 22.0. The molecule has 46 heavy (non-hydrogen) atoms. The van der Waals surface area contributed by atoms with Crippen molar-refractivity contribution in [1.82, 2.24) is 24.3 Å². The van der Waals surface area contributed by atoms with Gasteiger partial charge in [-0.2, -0.15) is 18.4 Å². The number of thiophene rings is 1. The number of piperidine rings is 2. The lowest BCUT2D eigenvalue weighted by molar-refractivity contribution is -0.135. The molecule has 1 amide bonds. The molecule has 0 bridgehead atoms. The Morgan fingerprint density at radius 1 is 1.13 bits per heavy atom. The molecule has 0 spiro atoms. The van der Waals surface area contributed by atoms with Crippen LogP contribution in [0.4, 0.5) is 19.0 Å². The smallest absolute Gasteiger partial charge is 0.367 e. The summed E-state index contributed by atoms with van der Waals surface area (Å²) in [5.74, 6) is 1.45. The van der Waals surface area contributed by atoms with E-state index < -0.39 is 12.6 Å². The number of amides is 1. The summed E-state index contributed by atoms with van der Waals surface area (Å²) in [5, 5.41) is 15.2. The molecule has 8 nitrogen and oxygen atoms in total. The van der Waals surface area contributed by atoms with Crippen LogP contribution in [0.1, 0.15) is 73.5 Å². The summed E-state index contributed by atoms with van der Waals surface area (Å²) < 4.78 is 41.3.